The predicted octanol–water partition coefficient (Wildman–Crippen LogP) is 3.98. The number of nitrogens with one attached hydrogen (secondary N) is 2. The lowest BCUT2D eigenvalue weighted by molar-refractivity contribution is 0.0931. The van der Waals surface area contributed by atoms with Gasteiger partial charge in [-0.05, 0) is 42.0 Å². The second-order valence-electron chi connectivity index (χ2n) is 6.48. The summed E-state index contributed by atoms with van der Waals surface area (Å²) in [6.45, 7) is 0. The third-order valence-electron chi connectivity index (χ3n) is 4.52. The van der Waals surface area contributed by atoms with E-state index in [9.17, 15) is 4.79 Å². The molecule has 1 amide bonds. The van der Waals surface area contributed by atoms with E-state index in [0.29, 0.717) is 11.5 Å². The molecule has 0 spiro atoms. The minimum Gasteiger partial charge on any atom is -0.345 e. The minimum absolute atomic E-state index is 0.0137. The number of rotatable bonds is 7. The summed E-state index contributed by atoms with van der Waals surface area (Å²) >= 11 is 1.58. The maximum atomic E-state index is 12.7. The maximum Gasteiger partial charge on any atom is 0.251 e. The Labute approximate surface area is 156 Å². The lowest BCUT2D eigenvalue weighted by Crippen LogP contribution is -2.29. The van der Waals surface area contributed by atoms with Crippen LogP contribution in [0, 0.1) is 5.92 Å². The molecule has 4 rings (SSSR count). The largest absolute Gasteiger partial charge is 0.345 e. The van der Waals surface area contributed by atoms with E-state index in [4.69, 9.17) is 0 Å². The highest BCUT2D eigenvalue weighted by Gasteiger charge is 2.33. The normalized spacial score (nSPS) is 14.8. The van der Waals surface area contributed by atoms with E-state index in [1.165, 1.54) is 24.7 Å². The van der Waals surface area contributed by atoms with Gasteiger partial charge in [-0.3, -0.25) is 9.89 Å². The Morgan fingerprint density at radius 3 is 2.58 bits per heavy atom. The predicted molar refractivity (Wildman–Crippen MR) is 102 cm³/mol. The molecule has 1 aromatic heterocycles. The number of H-pyrrole nitrogens is 1. The number of thioether (sulfide) groups is 1. The van der Waals surface area contributed by atoms with Gasteiger partial charge in [0, 0.05) is 11.3 Å². The number of hydrogen-bond donors (Lipinski definition) is 2. The monoisotopic (exact) mass is 364 g/mol. The lowest BCUT2D eigenvalue weighted by atomic mass is 10.0. The van der Waals surface area contributed by atoms with Gasteiger partial charge in [0.1, 0.15) is 6.33 Å². The highest BCUT2D eigenvalue weighted by molar-refractivity contribution is 7.98. The molecule has 1 saturated carbocycles. The summed E-state index contributed by atoms with van der Waals surface area (Å²) in [5.41, 5.74) is 3.02. The molecule has 1 heterocycles. The van der Waals surface area contributed by atoms with Crippen LogP contribution < -0.4 is 5.32 Å². The van der Waals surface area contributed by atoms with Crippen molar-refractivity contribution < 1.29 is 4.79 Å². The average Bonchev–Trinajstić information content (AvgIpc) is 3.40. The topological polar surface area (TPSA) is 70.7 Å². The number of aromatic amines is 1. The van der Waals surface area contributed by atoms with Crippen molar-refractivity contribution in [3.63, 3.8) is 0 Å². The van der Waals surface area contributed by atoms with E-state index in [-0.39, 0.29) is 11.9 Å². The maximum absolute atomic E-state index is 12.7. The molecule has 1 fully saturated rings. The fourth-order valence-corrected chi connectivity index (χ4v) is 3.69. The fourth-order valence-electron chi connectivity index (χ4n) is 2.96. The number of nitrogens with zero attached hydrogens (tertiary/aromatic N) is 2. The number of carbonyl (C=O) groups excluding carboxylic acids is 1. The third kappa shape index (κ3) is 4.14. The zero-order valence-electron chi connectivity index (χ0n) is 14.3. The molecular formula is C20H20N4OS. The van der Waals surface area contributed by atoms with Gasteiger partial charge in [0.25, 0.3) is 5.91 Å². The molecule has 132 valence electrons. The Morgan fingerprint density at radius 2 is 1.92 bits per heavy atom. The second-order valence-corrected chi connectivity index (χ2v) is 7.44. The Balaban J connectivity index is 1.39. The molecule has 1 aliphatic rings. The highest BCUT2D eigenvalue weighted by Crippen LogP contribution is 2.41. The number of carbonyl (C=O) groups is 1. The Hall–Kier alpha value is -2.60. The molecular weight excluding hydrogens is 344 g/mol. The zero-order valence-corrected chi connectivity index (χ0v) is 15.1. The molecule has 0 bridgehead atoms. The van der Waals surface area contributed by atoms with Crippen LogP contribution in [0.25, 0.3) is 0 Å². The molecule has 2 N–H and O–H groups in total. The lowest BCUT2D eigenvalue weighted by Gasteiger charge is -2.19. The van der Waals surface area contributed by atoms with Gasteiger partial charge in [-0.1, -0.05) is 54.2 Å². The van der Waals surface area contributed by atoms with Crippen LogP contribution >= 0.6 is 11.8 Å². The molecule has 1 unspecified atom stereocenters. The minimum atomic E-state index is -0.0137. The number of benzene rings is 2. The van der Waals surface area contributed by atoms with Gasteiger partial charge in [-0.15, -0.1) is 0 Å². The first kappa shape index (κ1) is 16.8. The quantitative estimate of drug-likeness (QED) is 0.622. The van der Waals surface area contributed by atoms with Gasteiger partial charge >= 0.3 is 0 Å². The zero-order chi connectivity index (χ0) is 17.8. The van der Waals surface area contributed by atoms with Crippen LogP contribution in [0.5, 0.6) is 0 Å². The summed E-state index contributed by atoms with van der Waals surface area (Å²) in [7, 11) is 0. The third-order valence-corrected chi connectivity index (χ3v) is 5.47. The summed E-state index contributed by atoms with van der Waals surface area (Å²) in [6, 6.07) is 18.1. The standard InChI is InChI=1S/C20H20N4OS/c25-19(23-18(16-10-11-16)15-4-2-1-3-5-15)17-8-6-14(7-9-17)12-26-20-21-13-22-24-20/h1-9,13,16,18H,10-12H2,(H,23,25)(H,21,22,24). The fraction of sp³-hybridized carbons (Fsp3) is 0.250. The molecule has 26 heavy (non-hydrogen) atoms. The van der Waals surface area contributed by atoms with Gasteiger partial charge in [-0.25, -0.2) is 4.98 Å². The van der Waals surface area contributed by atoms with E-state index in [1.807, 2.05) is 42.5 Å². The van der Waals surface area contributed by atoms with Crippen molar-refractivity contribution in [2.24, 2.45) is 5.92 Å². The first-order valence-corrected chi connectivity index (χ1v) is 9.71. The molecule has 5 nitrogen and oxygen atoms in total. The van der Waals surface area contributed by atoms with E-state index in [2.05, 4.69) is 32.6 Å². The van der Waals surface area contributed by atoms with Crippen molar-refractivity contribution in [2.45, 2.75) is 29.8 Å². The Kier molecular flexibility index (Phi) is 5.02. The van der Waals surface area contributed by atoms with Crippen molar-refractivity contribution in [1.82, 2.24) is 20.5 Å². The molecule has 1 atom stereocenters. The van der Waals surface area contributed by atoms with Crippen LogP contribution in [0.2, 0.25) is 0 Å². The van der Waals surface area contributed by atoms with Crippen LogP contribution in [-0.4, -0.2) is 21.1 Å². The van der Waals surface area contributed by atoms with Crippen LogP contribution in [0.1, 0.15) is 40.4 Å². The molecule has 3 aromatic rings. The van der Waals surface area contributed by atoms with Crippen molar-refractivity contribution in [1.29, 1.82) is 0 Å². The van der Waals surface area contributed by atoms with Gasteiger partial charge in [-0.2, -0.15) is 5.10 Å². The van der Waals surface area contributed by atoms with Gasteiger partial charge in [0.15, 0.2) is 5.16 Å². The van der Waals surface area contributed by atoms with E-state index >= 15 is 0 Å². The Morgan fingerprint density at radius 1 is 1.15 bits per heavy atom. The summed E-state index contributed by atoms with van der Waals surface area (Å²) in [5.74, 6) is 1.32. The molecule has 2 aromatic carbocycles. The molecule has 0 aliphatic heterocycles. The van der Waals surface area contributed by atoms with Gasteiger partial charge in [0.2, 0.25) is 0 Å². The average molecular weight is 364 g/mol. The summed E-state index contributed by atoms with van der Waals surface area (Å²) in [4.78, 5) is 16.8. The van der Waals surface area contributed by atoms with Crippen molar-refractivity contribution >= 4 is 17.7 Å². The van der Waals surface area contributed by atoms with E-state index in [0.717, 1.165) is 16.5 Å². The van der Waals surface area contributed by atoms with Crippen LogP contribution in [0.3, 0.4) is 0 Å². The van der Waals surface area contributed by atoms with E-state index < -0.39 is 0 Å². The number of hydrogen-bond acceptors (Lipinski definition) is 4. The molecule has 6 heteroatoms. The van der Waals surface area contributed by atoms with Gasteiger partial charge in [0.05, 0.1) is 6.04 Å². The van der Waals surface area contributed by atoms with Crippen molar-refractivity contribution in [2.75, 3.05) is 0 Å². The number of amides is 1. The van der Waals surface area contributed by atoms with Crippen molar-refractivity contribution in [3.8, 4) is 0 Å². The first-order chi connectivity index (χ1) is 12.8. The van der Waals surface area contributed by atoms with Crippen LogP contribution in [-0.2, 0) is 5.75 Å². The highest BCUT2D eigenvalue weighted by atomic mass is 32.2. The molecule has 1 aliphatic carbocycles. The molecule has 0 saturated heterocycles. The van der Waals surface area contributed by atoms with Crippen LogP contribution in [0.15, 0.2) is 66.1 Å². The summed E-state index contributed by atoms with van der Waals surface area (Å²) in [6.07, 6.45) is 3.86. The van der Waals surface area contributed by atoms with E-state index in [1.54, 1.807) is 11.8 Å². The summed E-state index contributed by atoms with van der Waals surface area (Å²) < 4.78 is 0. The Bertz CT molecular complexity index is 845. The smallest absolute Gasteiger partial charge is 0.251 e. The number of aromatic nitrogens is 3. The van der Waals surface area contributed by atoms with Crippen molar-refractivity contribution in [3.05, 3.63) is 77.6 Å². The summed E-state index contributed by atoms with van der Waals surface area (Å²) in [5, 5.41) is 10.7. The van der Waals surface area contributed by atoms with Gasteiger partial charge < -0.3 is 5.32 Å². The SMILES string of the molecule is O=C(NC(c1ccccc1)C1CC1)c1ccc(CSc2ncn[nH]2)cc1. The van der Waals surface area contributed by atoms with Crippen LogP contribution in [0.4, 0.5) is 0 Å². The molecule has 0 radical (unpaired) electrons. The first-order valence-electron chi connectivity index (χ1n) is 8.72. The second kappa shape index (κ2) is 7.74.